The first-order valence-electron chi connectivity index (χ1n) is 9.00. The number of fused-ring (bicyclic) bond motifs is 1. The van der Waals surface area contributed by atoms with Crippen molar-refractivity contribution in [3.8, 4) is 0 Å². The number of thiazole rings is 1. The van der Waals surface area contributed by atoms with Crippen molar-refractivity contribution in [1.29, 1.82) is 0 Å². The van der Waals surface area contributed by atoms with Crippen molar-refractivity contribution < 1.29 is 4.79 Å². The van der Waals surface area contributed by atoms with E-state index < -0.39 is 0 Å². The van der Waals surface area contributed by atoms with Crippen LogP contribution in [0.2, 0.25) is 5.02 Å². The van der Waals surface area contributed by atoms with E-state index in [0.717, 1.165) is 39.4 Å². The van der Waals surface area contributed by atoms with Crippen LogP contribution < -0.4 is 4.90 Å². The van der Waals surface area contributed by atoms with E-state index in [1.165, 1.54) is 11.3 Å². The monoisotopic (exact) mass is 401 g/mol. The summed E-state index contributed by atoms with van der Waals surface area (Å²) in [5.41, 5.74) is 2.97. The minimum Gasteiger partial charge on any atom is -0.309 e. The average Bonchev–Trinajstić information content (AvgIpc) is 3.03. The summed E-state index contributed by atoms with van der Waals surface area (Å²) in [6.45, 7) is 3.57. The van der Waals surface area contributed by atoms with Crippen molar-refractivity contribution in [2.45, 2.75) is 19.8 Å². The fraction of sp³-hybridized carbons (Fsp3) is 0.333. The normalized spacial score (nSPS) is 11.3. The zero-order chi connectivity index (χ0) is 19.4. The molecule has 0 spiro atoms. The van der Waals surface area contributed by atoms with Gasteiger partial charge in [0, 0.05) is 11.6 Å². The van der Waals surface area contributed by atoms with Gasteiger partial charge >= 0.3 is 0 Å². The lowest BCUT2D eigenvalue weighted by molar-refractivity contribution is -0.118. The first-order valence-corrected chi connectivity index (χ1v) is 10.2. The molecule has 0 fully saturated rings. The average molecular weight is 402 g/mol. The standard InChI is InChI=1S/C21H24ClN3OS/c1-15-12-17(22)14-18-20(15)23-21(27-18)25(11-7-10-24(2)3)19(26)13-16-8-5-4-6-9-16/h4-6,8-9,12,14H,7,10-11,13H2,1-3H3. The fourth-order valence-corrected chi connectivity index (χ4v) is 4.46. The molecule has 1 aromatic heterocycles. The Morgan fingerprint density at radius 3 is 2.59 bits per heavy atom. The topological polar surface area (TPSA) is 36.4 Å². The molecule has 0 saturated heterocycles. The minimum atomic E-state index is 0.0720. The Bertz CT molecular complexity index is 924. The van der Waals surface area contributed by atoms with Gasteiger partial charge in [-0.05, 0) is 57.2 Å². The second kappa shape index (κ2) is 8.83. The maximum Gasteiger partial charge on any atom is 0.233 e. The summed E-state index contributed by atoms with van der Waals surface area (Å²) >= 11 is 7.72. The number of carbonyl (C=O) groups excluding carboxylic acids is 1. The number of carbonyl (C=O) groups is 1. The summed E-state index contributed by atoms with van der Waals surface area (Å²) < 4.78 is 1.01. The maximum atomic E-state index is 13.1. The number of nitrogens with zero attached hydrogens (tertiary/aromatic N) is 3. The van der Waals surface area contributed by atoms with E-state index >= 15 is 0 Å². The number of aromatic nitrogens is 1. The molecular weight excluding hydrogens is 378 g/mol. The molecule has 0 N–H and O–H groups in total. The summed E-state index contributed by atoms with van der Waals surface area (Å²) in [5.74, 6) is 0.0720. The number of rotatable bonds is 7. The van der Waals surface area contributed by atoms with E-state index in [9.17, 15) is 4.79 Å². The van der Waals surface area contributed by atoms with Gasteiger partial charge in [-0.25, -0.2) is 4.98 Å². The predicted octanol–water partition coefficient (Wildman–Crippen LogP) is 4.79. The molecule has 0 aliphatic rings. The Hall–Kier alpha value is -1.95. The van der Waals surface area contributed by atoms with E-state index in [-0.39, 0.29) is 5.91 Å². The van der Waals surface area contributed by atoms with E-state index in [0.29, 0.717) is 18.0 Å². The molecule has 0 atom stereocenters. The molecule has 6 heteroatoms. The second-order valence-electron chi connectivity index (χ2n) is 6.93. The Morgan fingerprint density at radius 2 is 1.89 bits per heavy atom. The summed E-state index contributed by atoms with van der Waals surface area (Å²) in [6, 6.07) is 13.7. The van der Waals surface area contributed by atoms with Gasteiger partial charge in [0.15, 0.2) is 5.13 Å². The molecule has 0 aliphatic carbocycles. The molecule has 0 radical (unpaired) electrons. The number of hydrogen-bond donors (Lipinski definition) is 0. The first kappa shape index (κ1) is 19.8. The molecule has 0 bridgehead atoms. The highest BCUT2D eigenvalue weighted by Crippen LogP contribution is 2.33. The van der Waals surface area contributed by atoms with Crippen molar-refractivity contribution in [3.05, 3.63) is 58.6 Å². The first-order chi connectivity index (χ1) is 12.9. The van der Waals surface area contributed by atoms with E-state index in [4.69, 9.17) is 16.6 Å². The number of benzene rings is 2. The van der Waals surface area contributed by atoms with Crippen LogP contribution in [0.3, 0.4) is 0 Å². The van der Waals surface area contributed by atoms with Crippen LogP contribution in [0.4, 0.5) is 5.13 Å². The molecule has 3 rings (SSSR count). The summed E-state index contributed by atoms with van der Waals surface area (Å²) in [5, 5.41) is 1.44. The predicted molar refractivity (Wildman–Crippen MR) is 115 cm³/mol. The van der Waals surface area contributed by atoms with Crippen LogP contribution in [0.5, 0.6) is 0 Å². The largest absolute Gasteiger partial charge is 0.309 e. The fourth-order valence-electron chi connectivity index (χ4n) is 3.00. The van der Waals surface area contributed by atoms with E-state index in [1.54, 1.807) is 0 Å². The van der Waals surface area contributed by atoms with Gasteiger partial charge in [-0.3, -0.25) is 9.69 Å². The molecule has 4 nitrogen and oxygen atoms in total. The lowest BCUT2D eigenvalue weighted by Crippen LogP contribution is -2.34. The molecule has 27 heavy (non-hydrogen) atoms. The Morgan fingerprint density at radius 1 is 1.15 bits per heavy atom. The minimum absolute atomic E-state index is 0.0720. The zero-order valence-electron chi connectivity index (χ0n) is 15.9. The lowest BCUT2D eigenvalue weighted by Gasteiger charge is -2.21. The van der Waals surface area contributed by atoms with Crippen molar-refractivity contribution in [2.24, 2.45) is 0 Å². The molecule has 1 heterocycles. The van der Waals surface area contributed by atoms with Gasteiger partial charge in [-0.1, -0.05) is 53.3 Å². The van der Waals surface area contributed by atoms with Crippen LogP contribution >= 0.6 is 22.9 Å². The van der Waals surface area contributed by atoms with E-state index in [2.05, 4.69) is 4.90 Å². The summed E-state index contributed by atoms with van der Waals surface area (Å²) in [4.78, 5) is 21.8. The zero-order valence-corrected chi connectivity index (χ0v) is 17.5. The van der Waals surface area contributed by atoms with Crippen molar-refractivity contribution in [3.63, 3.8) is 0 Å². The molecule has 1 amide bonds. The van der Waals surface area contributed by atoms with Crippen LogP contribution in [0, 0.1) is 6.92 Å². The van der Waals surface area contributed by atoms with Crippen molar-refractivity contribution in [2.75, 3.05) is 32.1 Å². The third kappa shape index (κ3) is 5.06. The van der Waals surface area contributed by atoms with Crippen LogP contribution in [-0.2, 0) is 11.2 Å². The second-order valence-corrected chi connectivity index (χ2v) is 8.38. The Kier molecular flexibility index (Phi) is 6.47. The molecule has 3 aromatic rings. The third-order valence-corrected chi connectivity index (χ3v) is 5.60. The molecule has 2 aromatic carbocycles. The Labute approximate surface area is 169 Å². The molecule has 0 saturated carbocycles. The van der Waals surface area contributed by atoms with Crippen LogP contribution in [0.1, 0.15) is 17.5 Å². The number of hydrogen-bond acceptors (Lipinski definition) is 4. The highest BCUT2D eigenvalue weighted by atomic mass is 35.5. The Balaban J connectivity index is 1.89. The highest BCUT2D eigenvalue weighted by molar-refractivity contribution is 7.22. The quantitative estimate of drug-likeness (QED) is 0.571. The third-order valence-electron chi connectivity index (χ3n) is 4.36. The van der Waals surface area contributed by atoms with Gasteiger partial charge in [-0.2, -0.15) is 0 Å². The van der Waals surface area contributed by atoms with Crippen LogP contribution in [0.15, 0.2) is 42.5 Å². The van der Waals surface area contributed by atoms with Crippen LogP contribution in [-0.4, -0.2) is 43.0 Å². The smallest absolute Gasteiger partial charge is 0.233 e. The van der Waals surface area contributed by atoms with Gasteiger partial charge in [0.2, 0.25) is 5.91 Å². The van der Waals surface area contributed by atoms with Gasteiger partial charge in [0.05, 0.1) is 16.6 Å². The van der Waals surface area contributed by atoms with Crippen LogP contribution in [0.25, 0.3) is 10.2 Å². The van der Waals surface area contributed by atoms with Gasteiger partial charge in [0.25, 0.3) is 0 Å². The number of amides is 1. The highest BCUT2D eigenvalue weighted by Gasteiger charge is 2.20. The lowest BCUT2D eigenvalue weighted by atomic mass is 10.1. The number of halogens is 1. The number of aryl methyl sites for hydroxylation is 1. The summed E-state index contributed by atoms with van der Waals surface area (Å²) in [7, 11) is 4.08. The van der Waals surface area contributed by atoms with Gasteiger partial charge in [0.1, 0.15) is 0 Å². The van der Waals surface area contributed by atoms with Crippen molar-refractivity contribution >= 4 is 44.2 Å². The van der Waals surface area contributed by atoms with Gasteiger partial charge in [-0.15, -0.1) is 0 Å². The number of anilines is 1. The maximum absolute atomic E-state index is 13.1. The summed E-state index contributed by atoms with van der Waals surface area (Å²) in [6.07, 6.45) is 1.27. The molecule has 0 unspecified atom stereocenters. The van der Waals surface area contributed by atoms with Crippen molar-refractivity contribution in [1.82, 2.24) is 9.88 Å². The molecular formula is C21H24ClN3OS. The molecule has 0 aliphatic heterocycles. The van der Waals surface area contributed by atoms with Gasteiger partial charge < -0.3 is 4.90 Å². The molecule has 142 valence electrons. The van der Waals surface area contributed by atoms with E-state index in [1.807, 2.05) is 68.4 Å². The SMILES string of the molecule is Cc1cc(Cl)cc2sc(N(CCCN(C)C)C(=O)Cc3ccccc3)nc12.